The van der Waals surface area contributed by atoms with Crippen LogP contribution < -0.4 is 0 Å². The number of nitrogens with zero attached hydrogens (tertiary/aromatic N) is 1. The summed E-state index contributed by atoms with van der Waals surface area (Å²) in [4.78, 5) is 12.5. The summed E-state index contributed by atoms with van der Waals surface area (Å²) in [6.07, 6.45) is 1.61. The third-order valence-corrected chi connectivity index (χ3v) is 3.61. The van der Waals surface area contributed by atoms with E-state index in [0.717, 1.165) is 38.1 Å². The highest BCUT2D eigenvalue weighted by Gasteiger charge is 2.20. The Bertz CT molecular complexity index is 488. The Balaban J connectivity index is 1.76. The molecule has 2 rings (SSSR count). The van der Waals surface area contributed by atoms with Gasteiger partial charge in [0.2, 0.25) is 0 Å². The van der Waals surface area contributed by atoms with E-state index in [1.807, 2.05) is 0 Å². The molecule has 0 saturated carbocycles. The van der Waals surface area contributed by atoms with Crippen LogP contribution in [-0.2, 0) is 16.1 Å². The van der Waals surface area contributed by atoms with Gasteiger partial charge in [-0.15, -0.1) is 0 Å². The third kappa shape index (κ3) is 5.06. The lowest BCUT2D eigenvalue weighted by atomic mass is 10.1. The maximum atomic E-state index is 13.6. The molecule has 0 bridgehead atoms. The number of ether oxygens (including phenoxy) is 1. The molecule has 0 unspecified atom stereocenters. The average molecular weight is 299 g/mol. The number of piperidine rings is 1. The van der Waals surface area contributed by atoms with E-state index in [4.69, 9.17) is 9.84 Å². The highest BCUT2D eigenvalue weighted by Crippen LogP contribution is 2.18. The van der Waals surface area contributed by atoms with Crippen LogP contribution in [0.3, 0.4) is 0 Å². The van der Waals surface area contributed by atoms with Crippen LogP contribution in [-0.4, -0.2) is 41.8 Å². The normalized spacial score (nSPS) is 17.0. The van der Waals surface area contributed by atoms with E-state index < -0.39 is 17.6 Å². The molecule has 1 aliphatic heterocycles. The molecule has 1 aliphatic rings. The van der Waals surface area contributed by atoms with Crippen LogP contribution in [0.25, 0.3) is 0 Å². The average Bonchev–Trinajstić information content (AvgIpc) is 2.44. The maximum absolute atomic E-state index is 13.6. The number of hydrogen-bond donors (Lipinski definition) is 1. The number of carboxylic acids is 1. The standard InChI is InChI=1S/C15H19F2NO3/c16-12-1-2-14(17)11(9-12)10-18-6-3-13(4-7-18)21-8-5-15(19)20/h1-2,9,13H,3-8,10H2,(H,19,20). The molecular weight excluding hydrogens is 280 g/mol. The molecule has 0 aliphatic carbocycles. The van der Waals surface area contributed by atoms with Gasteiger partial charge in [0, 0.05) is 25.2 Å². The first-order chi connectivity index (χ1) is 10.0. The minimum atomic E-state index is -0.867. The minimum absolute atomic E-state index is 0.00865. The van der Waals surface area contributed by atoms with Crippen LogP contribution in [0.1, 0.15) is 24.8 Å². The van der Waals surface area contributed by atoms with E-state index in [2.05, 4.69) is 4.90 Å². The van der Waals surface area contributed by atoms with E-state index in [1.54, 1.807) is 0 Å². The second-order valence-corrected chi connectivity index (χ2v) is 5.23. The molecule has 0 atom stereocenters. The Morgan fingerprint density at radius 3 is 2.71 bits per heavy atom. The fourth-order valence-corrected chi connectivity index (χ4v) is 2.45. The number of carboxylic acid groups (broad SMARTS) is 1. The number of benzene rings is 1. The van der Waals surface area contributed by atoms with Crippen molar-refractivity contribution in [3.05, 3.63) is 35.4 Å². The first-order valence-electron chi connectivity index (χ1n) is 7.04. The van der Waals surface area contributed by atoms with E-state index in [1.165, 1.54) is 6.07 Å². The second-order valence-electron chi connectivity index (χ2n) is 5.23. The molecule has 0 radical (unpaired) electrons. The predicted molar refractivity (Wildman–Crippen MR) is 72.9 cm³/mol. The van der Waals surface area contributed by atoms with Crippen molar-refractivity contribution in [1.29, 1.82) is 0 Å². The molecule has 4 nitrogen and oxygen atoms in total. The third-order valence-electron chi connectivity index (χ3n) is 3.61. The van der Waals surface area contributed by atoms with E-state index in [-0.39, 0.29) is 19.1 Å². The Hall–Kier alpha value is -1.53. The van der Waals surface area contributed by atoms with Crippen LogP contribution in [0.15, 0.2) is 18.2 Å². The zero-order valence-electron chi connectivity index (χ0n) is 11.7. The van der Waals surface area contributed by atoms with Crippen LogP contribution >= 0.6 is 0 Å². The number of likely N-dealkylation sites (tertiary alicyclic amines) is 1. The lowest BCUT2D eigenvalue weighted by Crippen LogP contribution is -2.37. The fourth-order valence-electron chi connectivity index (χ4n) is 2.45. The van der Waals surface area contributed by atoms with Crippen molar-refractivity contribution in [3.8, 4) is 0 Å². The molecule has 6 heteroatoms. The van der Waals surface area contributed by atoms with Crippen LogP contribution in [0.5, 0.6) is 0 Å². The minimum Gasteiger partial charge on any atom is -0.481 e. The molecule has 0 spiro atoms. The van der Waals surface area contributed by atoms with Crippen molar-refractivity contribution in [2.45, 2.75) is 31.9 Å². The number of halogens is 2. The van der Waals surface area contributed by atoms with Gasteiger partial charge in [0.1, 0.15) is 11.6 Å². The quantitative estimate of drug-likeness (QED) is 0.876. The summed E-state index contributed by atoms with van der Waals surface area (Å²) in [6.45, 7) is 2.06. The first-order valence-corrected chi connectivity index (χ1v) is 7.04. The van der Waals surface area contributed by atoms with Gasteiger partial charge in [-0.25, -0.2) is 8.78 Å². The van der Waals surface area contributed by atoms with Gasteiger partial charge in [-0.05, 0) is 31.0 Å². The lowest BCUT2D eigenvalue weighted by molar-refractivity contribution is -0.138. The van der Waals surface area contributed by atoms with Crippen LogP contribution in [0.4, 0.5) is 8.78 Å². The van der Waals surface area contributed by atoms with E-state index in [9.17, 15) is 13.6 Å². The molecule has 1 fully saturated rings. The highest BCUT2D eigenvalue weighted by atomic mass is 19.1. The summed E-state index contributed by atoms with van der Waals surface area (Å²) < 4.78 is 32.2. The number of hydrogen-bond acceptors (Lipinski definition) is 3. The molecular formula is C15H19F2NO3. The number of aliphatic carboxylic acids is 1. The van der Waals surface area contributed by atoms with Crippen molar-refractivity contribution in [3.63, 3.8) is 0 Å². The number of carbonyl (C=O) groups is 1. The maximum Gasteiger partial charge on any atom is 0.305 e. The SMILES string of the molecule is O=C(O)CCOC1CCN(Cc2cc(F)ccc2F)CC1. The van der Waals surface area contributed by atoms with Gasteiger partial charge >= 0.3 is 5.97 Å². The van der Waals surface area contributed by atoms with E-state index >= 15 is 0 Å². The van der Waals surface area contributed by atoms with Gasteiger partial charge in [0.25, 0.3) is 0 Å². The van der Waals surface area contributed by atoms with Gasteiger partial charge in [-0.1, -0.05) is 0 Å². The molecule has 1 saturated heterocycles. The summed E-state index contributed by atoms with van der Waals surface area (Å²) in [5.74, 6) is -1.69. The molecule has 1 heterocycles. The fraction of sp³-hybridized carbons (Fsp3) is 0.533. The lowest BCUT2D eigenvalue weighted by Gasteiger charge is -2.31. The Morgan fingerprint density at radius 2 is 2.05 bits per heavy atom. The summed E-state index contributed by atoms with van der Waals surface area (Å²) in [5.41, 5.74) is 0.361. The van der Waals surface area contributed by atoms with Crippen molar-refractivity contribution in [1.82, 2.24) is 4.90 Å². The topological polar surface area (TPSA) is 49.8 Å². The van der Waals surface area contributed by atoms with Gasteiger partial charge in [-0.3, -0.25) is 9.69 Å². The second kappa shape index (κ2) is 7.47. The van der Waals surface area contributed by atoms with Crippen molar-refractivity contribution >= 4 is 5.97 Å². The summed E-state index contributed by atoms with van der Waals surface area (Å²) in [6, 6.07) is 3.48. The van der Waals surface area contributed by atoms with Crippen molar-refractivity contribution < 1.29 is 23.4 Å². The molecule has 1 aromatic carbocycles. The van der Waals surface area contributed by atoms with Crippen LogP contribution in [0.2, 0.25) is 0 Å². The predicted octanol–water partition coefficient (Wildman–Crippen LogP) is 2.42. The van der Waals surface area contributed by atoms with Gasteiger partial charge < -0.3 is 9.84 Å². The van der Waals surface area contributed by atoms with Crippen molar-refractivity contribution in [2.24, 2.45) is 0 Å². The highest BCUT2D eigenvalue weighted by molar-refractivity contribution is 5.66. The molecule has 116 valence electrons. The van der Waals surface area contributed by atoms with Crippen molar-refractivity contribution in [2.75, 3.05) is 19.7 Å². The zero-order chi connectivity index (χ0) is 15.2. The molecule has 0 amide bonds. The largest absolute Gasteiger partial charge is 0.481 e. The smallest absolute Gasteiger partial charge is 0.305 e. The number of rotatable bonds is 6. The zero-order valence-corrected chi connectivity index (χ0v) is 11.7. The molecule has 1 N–H and O–H groups in total. The summed E-state index contributed by atoms with van der Waals surface area (Å²) in [7, 11) is 0. The molecule has 1 aromatic rings. The van der Waals surface area contributed by atoms with Crippen LogP contribution in [0, 0.1) is 11.6 Å². The summed E-state index contributed by atoms with van der Waals surface area (Å²) >= 11 is 0. The monoisotopic (exact) mass is 299 g/mol. The molecule has 0 aromatic heterocycles. The Morgan fingerprint density at radius 1 is 1.33 bits per heavy atom. The van der Waals surface area contributed by atoms with Gasteiger partial charge in [0.05, 0.1) is 19.1 Å². The van der Waals surface area contributed by atoms with E-state index in [0.29, 0.717) is 12.1 Å². The van der Waals surface area contributed by atoms with Gasteiger partial charge in [0.15, 0.2) is 0 Å². The Labute approximate surface area is 122 Å². The molecule has 21 heavy (non-hydrogen) atoms. The summed E-state index contributed by atoms with van der Waals surface area (Å²) in [5, 5.41) is 8.54. The van der Waals surface area contributed by atoms with Gasteiger partial charge in [-0.2, -0.15) is 0 Å². The first kappa shape index (κ1) is 15.9. The Kier molecular flexibility index (Phi) is 5.64.